The van der Waals surface area contributed by atoms with E-state index in [-0.39, 0.29) is 12.6 Å². The summed E-state index contributed by atoms with van der Waals surface area (Å²) < 4.78 is 5.63. The number of unbranched alkanes of at least 4 members (excludes halogenated alkanes) is 1. The minimum atomic E-state index is -0.681. The molecule has 10 heteroatoms. The number of rotatable bonds is 11. The summed E-state index contributed by atoms with van der Waals surface area (Å²) in [5.41, 5.74) is 23.5. The zero-order valence-corrected chi connectivity index (χ0v) is 23.4. The number of primary amides is 1. The van der Waals surface area contributed by atoms with Crippen LogP contribution in [0.25, 0.3) is 22.0 Å². The van der Waals surface area contributed by atoms with Crippen LogP contribution in [0.15, 0.2) is 54.1 Å². The Morgan fingerprint density at radius 2 is 1.90 bits per heavy atom. The summed E-state index contributed by atoms with van der Waals surface area (Å²) in [6.07, 6.45) is 10.9. The maximum atomic E-state index is 12.0. The van der Waals surface area contributed by atoms with Gasteiger partial charge in [0.05, 0.1) is 29.9 Å². The van der Waals surface area contributed by atoms with Crippen molar-refractivity contribution in [3.63, 3.8) is 0 Å². The first-order valence-electron chi connectivity index (χ1n) is 13.0. The van der Waals surface area contributed by atoms with E-state index in [1.807, 2.05) is 32.1 Å². The van der Waals surface area contributed by atoms with Crippen molar-refractivity contribution in [1.29, 1.82) is 5.41 Å². The number of aromatic nitrogens is 4. The number of fused-ring (bicyclic) bond motifs is 1. The zero-order chi connectivity index (χ0) is 28.9. The molecule has 3 rings (SSSR count). The van der Waals surface area contributed by atoms with Gasteiger partial charge < -0.3 is 27.3 Å². The smallest absolute Gasteiger partial charge is 0.316 e. The van der Waals surface area contributed by atoms with E-state index in [9.17, 15) is 4.79 Å². The normalized spacial score (nSPS) is 13.3. The molecule has 0 spiro atoms. The summed E-state index contributed by atoms with van der Waals surface area (Å²) in [4.78, 5) is 20.6. The number of ether oxygens (including phenoxy) is 1. The topological polar surface area (TPSA) is 183 Å². The number of amides is 1. The van der Waals surface area contributed by atoms with Gasteiger partial charge in [-0.2, -0.15) is 10.1 Å². The lowest BCUT2D eigenvalue weighted by Gasteiger charge is -2.17. The molecule has 2 heterocycles. The number of allylic oxidation sites excluding steroid dienone is 4. The Morgan fingerprint density at radius 3 is 2.54 bits per heavy atom. The molecular formula is C29H40N8O2. The van der Waals surface area contributed by atoms with Crippen molar-refractivity contribution in [2.45, 2.75) is 53.9 Å². The lowest BCUT2D eigenvalue weighted by atomic mass is 9.90. The van der Waals surface area contributed by atoms with Gasteiger partial charge in [0.25, 0.3) is 0 Å². The molecule has 1 unspecified atom stereocenters. The number of nitrogens with one attached hydrogen (secondary N) is 2. The second-order valence-corrected chi connectivity index (χ2v) is 9.14. The Labute approximate surface area is 229 Å². The van der Waals surface area contributed by atoms with Gasteiger partial charge in [-0.25, -0.2) is 4.98 Å². The minimum Gasteiger partial charge on any atom is -0.463 e. The average molecular weight is 533 g/mol. The molecule has 1 amide bonds. The van der Waals surface area contributed by atoms with Crippen LogP contribution in [0, 0.1) is 18.3 Å². The second kappa shape index (κ2) is 15.1. The fourth-order valence-corrected chi connectivity index (χ4v) is 3.54. The molecule has 2 aromatic heterocycles. The van der Waals surface area contributed by atoms with Crippen molar-refractivity contribution in [3.8, 4) is 6.01 Å². The molecule has 10 nitrogen and oxygen atoms in total. The van der Waals surface area contributed by atoms with E-state index in [2.05, 4.69) is 34.0 Å². The second-order valence-electron chi connectivity index (χ2n) is 9.14. The van der Waals surface area contributed by atoms with E-state index < -0.39 is 11.8 Å². The van der Waals surface area contributed by atoms with Gasteiger partial charge >= 0.3 is 6.01 Å². The van der Waals surface area contributed by atoms with E-state index >= 15 is 0 Å². The van der Waals surface area contributed by atoms with Gasteiger partial charge in [-0.05, 0) is 61.8 Å². The number of aryl methyl sites for hydroxylation is 1. The summed E-state index contributed by atoms with van der Waals surface area (Å²) >= 11 is 0. The first-order valence-corrected chi connectivity index (χ1v) is 13.0. The van der Waals surface area contributed by atoms with Crippen LogP contribution in [0.5, 0.6) is 6.01 Å². The number of carbonyl (C=O) groups excluding carboxylic acids is 1. The van der Waals surface area contributed by atoms with E-state index in [1.165, 1.54) is 18.9 Å². The number of hydrogen-bond donors (Lipinski definition) is 5. The Kier molecular flexibility index (Phi) is 11.9. The molecule has 0 aliphatic heterocycles. The van der Waals surface area contributed by atoms with Gasteiger partial charge in [0.1, 0.15) is 0 Å². The molecule has 0 fully saturated rings. The molecule has 39 heavy (non-hydrogen) atoms. The molecule has 0 bridgehead atoms. The molecule has 208 valence electrons. The largest absolute Gasteiger partial charge is 0.463 e. The Bertz CT molecular complexity index is 1370. The number of nitrogens with zero attached hydrogens (tertiary/aromatic N) is 3. The fourth-order valence-electron chi connectivity index (χ4n) is 3.54. The molecule has 0 aliphatic carbocycles. The highest BCUT2D eigenvalue weighted by Crippen LogP contribution is 2.33. The van der Waals surface area contributed by atoms with Gasteiger partial charge in [0, 0.05) is 41.2 Å². The highest BCUT2D eigenvalue weighted by atomic mass is 16.5. The van der Waals surface area contributed by atoms with Gasteiger partial charge in [-0.1, -0.05) is 32.8 Å². The third-order valence-electron chi connectivity index (χ3n) is 6.12. The molecule has 3 aromatic rings. The highest BCUT2D eigenvalue weighted by Gasteiger charge is 2.20. The monoisotopic (exact) mass is 532 g/mol. The molecule has 0 saturated carbocycles. The quantitative estimate of drug-likeness (QED) is 0.176. The third kappa shape index (κ3) is 8.53. The summed E-state index contributed by atoms with van der Waals surface area (Å²) in [6, 6.07) is 5.88. The lowest BCUT2D eigenvalue weighted by molar-refractivity contribution is -0.120. The first kappa shape index (κ1) is 30.8. The molecular weight excluding hydrogens is 492 g/mol. The van der Waals surface area contributed by atoms with Crippen LogP contribution in [0.3, 0.4) is 0 Å². The zero-order valence-electron chi connectivity index (χ0n) is 23.4. The van der Waals surface area contributed by atoms with Crippen LogP contribution in [0.2, 0.25) is 0 Å². The predicted molar refractivity (Wildman–Crippen MR) is 158 cm³/mol. The van der Waals surface area contributed by atoms with Gasteiger partial charge in [0.2, 0.25) is 5.91 Å². The Balaban J connectivity index is 0.00000124. The van der Waals surface area contributed by atoms with Gasteiger partial charge in [0.15, 0.2) is 0 Å². The standard InChI is InChI=1S/C25H30N8O2.C4H10/c1-14-4-5-21-19(13-31-33-21)22(14)18(23(28)16(3)24(29)34)12-15(2)20-7-10-30-25(32-20)35-11-8-17(27)6-9-26;1-3-4-2/h4-7,9-10,12-13,16,26H,8,11,27-28H2,1-3H3,(H2,29,34)(H,31,33);3-4H2,1-2H3/b15-12+,17-6-,23-18-,26-9?;. The van der Waals surface area contributed by atoms with Crippen LogP contribution in [-0.4, -0.2) is 38.9 Å². The third-order valence-corrected chi connectivity index (χ3v) is 6.12. The maximum Gasteiger partial charge on any atom is 0.316 e. The fraction of sp³-hybridized carbons (Fsp3) is 0.345. The van der Waals surface area contributed by atoms with Crippen LogP contribution in [0.1, 0.15) is 63.8 Å². The average Bonchev–Trinajstić information content (AvgIpc) is 3.40. The molecule has 1 atom stereocenters. The number of aromatic amines is 1. The summed E-state index contributed by atoms with van der Waals surface area (Å²) in [5.74, 6) is -1.20. The van der Waals surface area contributed by atoms with Crippen molar-refractivity contribution >= 4 is 34.2 Å². The van der Waals surface area contributed by atoms with E-state index in [4.69, 9.17) is 27.3 Å². The lowest BCUT2D eigenvalue weighted by Crippen LogP contribution is -2.26. The number of hydrogen-bond acceptors (Lipinski definition) is 8. The Morgan fingerprint density at radius 1 is 1.18 bits per heavy atom. The minimum absolute atomic E-state index is 0.204. The molecule has 0 radical (unpaired) electrons. The molecule has 0 saturated heterocycles. The van der Waals surface area contributed by atoms with Crippen molar-refractivity contribution in [3.05, 3.63) is 71.0 Å². The van der Waals surface area contributed by atoms with Crippen LogP contribution in [-0.2, 0) is 4.79 Å². The summed E-state index contributed by atoms with van der Waals surface area (Å²) in [5, 5.41) is 15.1. The SMILES string of the molecule is C/C(=C\C(=C(\N)C(C)C(N)=O)c1c(C)ccc2[nH]ncc12)c1ccnc(OCC/C(N)=C/C=N)n1.CCCC. The van der Waals surface area contributed by atoms with Crippen LogP contribution >= 0.6 is 0 Å². The predicted octanol–water partition coefficient (Wildman–Crippen LogP) is 4.62. The molecule has 8 N–H and O–H groups in total. The highest BCUT2D eigenvalue weighted by molar-refractivity contribution is 5.99. The number of H-pyrrole nitrogens is 1. The number of nitrogens with two attached hydrogens (primary N) is 3. The van der Waals surface area contributed by atoms with Crippen molar-refractivity contribution < 1.29 is 9.53 Å². The van der Waals surface area contributed by atoms with Crippen molar-refractivity contribution in [1.82, 2.24) is 20.2 Å². The maximum absolute atomic E-state index is 12.0. The number of carbonyl (C=O) groups is 1. The molecule has 1 aromatic carbocycles. The first-order chi connectivity index (χ1) is 18.6. The van der Waals surface area contributed by atoms with Crippen molar-refractivity contribution in [2.24, 2.45) is 23.1 Å². The van der Waals surface area contributed by atoms with E-state index in [0.29, 0.717) is 29.1 Å². The Hall–Kier alpha value is -4.47. The summed E-state index contributed by atoms with van der Waals surface area (Å²) in [7, 11) is 0. The van der Waals surface area contributed by atoms with Gasteiger partial charge in [-0.15, -0.1) is 0 Å². The van der Waals surface area contributed by atoms with E-state index in [0.717, 1.165) is 33.8 Å². The van der Waals surface area contributed by atoms with Crippen LogP contribution in [0.4, 0.5) is 0 Å². The van der Waals surface area contributed by atoms with Crippen LogP contribution < -0.4 is 21.9 Å². The van der Waals surface area contributed by atoms with E-state index in [1.54, 1.807) is 25.4 Å². The van der Waals surface area contributed by atoms with Crippen molar-refractivity contribution in [2.75, 3.05) is 6.61 Å². The molecule has 0 aliphatic rings. The summed E-state index contributed by atoms with van der Waals surface area (Å²) in [6.45, 7) is 10.2. The number of benzene rings is 1. The van der Waals surface area contributed by atoms with Gasteiger partial charge in [-0.3, -0.25) is 9.89 Å².